The minimum Gasteiger partial charge on any atom is -0.478 e. The second kappa shape index (κ2) is 10.6. The molecule has 0 spiro atoms. The number of hydrogen-bond donors (Lipinski definition) is 1. The van der Waals surface area contributed by atoms with Gasteiger partial charge in [0.05, 0.1) is 35.7 Å². The van der Waals surface area contributed by atoms with Crippen LogP contribution < -0.4 is 4.74 Å². The second-order valence-electron chi connectivity index (χ2n) is 7.53. The van der Waals surface area contributed by atoms with E-state index in [1.54, 1.807) is 18.6 Å². The number of fused-ring (bicyclic) bond motifs is 1. The minimum absolute atomic E-state index is 0.620. The van der Waals surface area contributed by atoms with E-state index in [1.165, 1.54) is 11.1 Å². The lowest BCUT2D eigenvalue weighted by Crippen LogP contribution is -2.00. The Morgan fingerprint density at radius 3 is 2.45 bits per heavy atom. The largest absolute Gasteiger partial charge is 0.478 e. The van der Waals surface area contributed by atoms with Crippen molar-refractivity contribution in [2.24, 2.45) is 7.05 Å². The summed E-state index contributed by atoms with van der Waals surface area (Å²) in [6.45, 7) is 4.62. The second-order valence-corrected chi connectivity index (χ2v) is 7.53. The zero-order valence-electron chi connectivity index (χ0n) is 19.3. The van der Waals surface area contributed by atoms with Crippen molar-refractivity contribution in [3.05, 3.63) is 85.1 Å². The number of imidazole rings is 1. The van der Waals surface area contributed by atoms with Gasteiger partial charge in [0.2, 0.25) is 5.88 Å². The summed E-state index contributed by atoms with van der Waals surface area (Å²) < 4.78 is 8.00. The van der Waals surface area contributed by atoms with Crippen LogP contribution in [0.2, 0.25) is 0 Å². The number of benzene rings is 2. The average Bonchev–Trinajstić information content (AvgIpc) is 3.51. The van der Waals surface area contributed by atoms with Crippen molar-refractivity contribution in [3.63, 3.8) is 0 Å². The van der Waals surface area contributed by atoms with Crippen LogP contribution in [-0.4, -0.2) is 31.3 Å². The smallest absolute Gasteiger partial charge is 0.217 e. The molecule has 0 aliphatic heterocycles. The van der Waals surface area contributed by atoms with E-state index in [0.29, 0.717) is 12.5 Å². The quantitative estimate of drug-likeness (QED) is 0.313. The van der Waals surface area contributed by atoms with Crippen LogP contribution in [-0.2, 0) is 13.5 Å². The number of aromatic amines is 1. The van der Waals surface area contributed by atoms with Crippen molar-refractivity contribution in [1.82, 2.24) is 24.7 Å². The van der Waals surface area contributed by atoms with Gasteiger partial charge in [-0.1, -0.05) is 50.2 Å². The van der Waals surface area contributed by atoms with Gasteiger partial charge in [0.25, 0.3) is 0 Å². The summed E-state index contributed by atoms with van der Waals surface area (Å²) in [4.78, 5) is 8.63. The molecule has 168 valence electrons. The number of aryl methyl sites for hydroxylation is 2. The number of nitrogens with one attached hydrogen (secondary N) is 1. The van der Waals surface area contributed by atoms with Gasteiger partial charge in [0, 0.05) is 25.0 Å². The molecule has 0 unspecified atom stereocenters. The molecular weight excluding hydrogens is 410 g/mol. The fourth-order valence-electron chi connectivity index (χ4n) is 3.81. The molecule has 0 saturated carbocycles. The van der Waals surface area contributed by atoms with Crippen molar-refractivity contribution >= 4 is 11.0 Å². The molecule has 0 amide bonds. The highest BCUT2D eigenvalue weighted by Crippen LogP contribution is 2.28. The standard InChI is InChI=1S/C25H23N5O.C2H6/c1-30-17-27-24-21(5-2-6-23(24)30)19-9-7-18(8-10-19)4-3-15-31-25-22(16-28-29-25)20-11-13-26-14-12-20;1-2/h2,5-14,16-17H,3-4,15H2,1H3,(H,28,29);1-2H3. The Bertz CT molecular complexity index is 1290. The van der Waals surface area contributed by atoms with Crippen molar-refractivity contribution in [2.45, 2.75) is 26.7 Å². The van der Waals surface area contributed by atoms with Gasteiger partial charge in [-0.05, 0) is 47.7 Å². The van der Waals surface area contributed by atoms with Gasteiger partial charge >= 0.3 is 0 Å². The molecular formula is C27H29N5O. The fraction of sp³-hybridized carbons (Fsp3) is 0.222. The molecule has 0 aliphatic rings. The molecule has 3 aromatic heterocycles. The van der Waals surface area contributed by atoms with Gasteiger partial charge < -0.3 is 9.30 Å². The molecule has 33 heavy (non-hydrogen) atoms. The van der Waals surface area contributed by atoms with Crippen LogP contribution in [0.3, 0.4) is 0 Å². The lowest BCUT2D eigenvalue weighted by atomic mass is 10.0. The highest BCUT2D eigenvalue weighted by atomic mass is 16.5. The predicted octanol–water partition coefficient (Wildman–Crippen LogP) is 6.06. The van der Waals surface area contributed by atoms with Gasteiger partial charge in [-0.15, -0.1) is 0 Å². The van der Waals surface area contributed by atoms with E-state index in [-0.39, 0.29) is 0 Å². The van der Waals surface area contributed by atoms with Gasteiger partial charge in [0.15, 0.2) is 0 Å². The minimum atomic E-state index is 0.620. The molecule has 5 aromatic rings. The maximum atomic E-state index is 5.95. The van der Waals surface area contributed by atoms with Crippen molar-refractivity contribution in [2.75, 3.05) is 6.61 Å². The Hall–Kier alpha value is -3.93. The molecule has 0 fully saturated rings. The Kier molecular flexibility index (Phi) is 7.15. The van der Waals surface area contributed by atoms with Crippen LogP contribution in [0.1, 0.15) is 25.8 Å². The SMILES string of the molecule is CC.Cn1cnc2c(-c3ccc(CCCOc4[nH]ncc4-c4ccncc4)cc3)cccc21. The topological polar surface area (TPSA) is 68.6 Å². The van der Waals surface area contributed by atoms with Crippen LogP contribution in [0.5, 0.6) is 5.88 Å². The molecule has 0 bridgehead atoms. The van der Waals surface area contributed by atoms with Gasteiger partial charge in [-0.3, -0.25) is 4.98 Å². The van der Waals surface area contributed by atoms with E-state index < -0.39 is 0 Å². The molecule has 6 heteroatoms. The molecule has 6 nitrogen and oxygen atoms in total. The van der Waals surface area contributed by atoms with Crippen LogP contribution in [0, 0.1) is 0 Å². The van der Waals surface area contributed by atoms with E-state index in [4.69, 9.17) is 4.74 Å². The fourth-order valence-corrected chi connectivity index (χ4v) is 3.81. The summed E-state index contributed by atoms with van der Waals surface area (Å²) >= 11 is 0. The number of aromatic nitrogens is 5. The van der Waals surface area contributed by atoms with Crippen LogP contribution in [0.15, 0.2) is 79.5 Å². The molecule has 3 heterocycles. The summed E-state index contributed by atoms with van der Waals surface area (Å²) in [5.41, 5.74) is 7.81. The predicted molar refractivity (Wildman–Crippen MR) is 133 cm³/mol. The van der Waals surface area contributed by atoms with Crippen LogP contribution >= 0.6 is 0 Å². The molecule has 0 atom stereocenters. The molecule has 0 saturated heterocycles. The summed E-state index contributed by atoms with van der Waals surface area (Å²) in [6, 6.07) is 18.9. The van der Waals surface area contributed by atoms with Crippen LogP contribution in [0.4, 0.5) is 0 Å². The van der Waals surface area contributed by atoms with Crippen LogP contribution in [0.25, 0.3) is 33.3 Å². The Labute approximate surface area is 194 Å². The van der Waals surface area contributed by atoms with Gasteiger partial charge in [-0.25, -0.2) is 10.1 Å². The van der Waals surface area contributed by atoms with Crippen molar-refractivity contribution < 1.29 is 4.74 Å². The normalized spacial score (nSPS) is 10.6. The summed E-state index contributed by atoms with van der Waals surface area (Å²) in [7, 11) is 2.02. The van der Waals surface area contributed by atoms with E-state index in [0.717, 1.165) is 40.6 Å². The molecule has 5 rings (SSSR count). The van der Waals surface area contributed by atoms with E-state index >= 15 is 0 Å². The zero-order valence-corrected chi connectivity index (χ0v) is 19.3. The lowest BCUT2D eigenvalue weighted by molar-refractivity contribution is 0.300. The highest BCUT2D eigenvalue weighted by molar-refractivity contribution is 5.92. The number of ether oxygens (including phenoxy) is 1. The maximum Gasteiger partial charge on any atom is 0.217 e. The van der Waals surface area contributed by atoms with Crippen molar-refractivity contribution in [1.29, 1.82) is 0 Å². The summed E-state index contributed by atoms with van der Waals surface area (Å²) in [5, 5.41) is 7.06. The van der Waals surface area contributed by atoms with Gasteiger partial charge in [-0.2, -0.15) is 5.10 Å². The Balaban J connectivity index is 0.00000126. The molecule has 0 radical (unpaired) electrons. The van der Waals surface area contributed by atoms with Gasteiger partial charge in [0.1, 0.15) is 0 Å². The number of rotatable bonds is 7. The first-order valence-corrected chi connectivity index (χ1v) is 11.4. The monoisotopic (exact) mass is 439 g/mol. The molecule has 0 aliphatic carbocycles. The zero-order chi connectivity index (χ0) is 23.0. The third-order valence-corrected chi connectivity index (χ3v) is 5.47. The number of hydrogen-bond acceptors (Lipinski definition) is 4. The summed E-state index contributed by atoms with van der Waals surface area (Å²) in [6.07, 6.45) is 9.05. The third-order valence-electron chi connectivity index (χ3n) is 5.47. The first kappa shape index (κ1) is 22.3. The first-order chi connectivity index (χ1) is 16.3. The Morgan fingerprint density at radius 1 is 0.909 bits per heavy atom. The number of pyridine rings is 1. The first-order valence-electron chi connectivity index (χ1n) is 11.4. The number of para-hydroxylation sites is 1. The third kappa shape index (κ3) is 4.95. The number of nitrogens with zero attached hydrogens (tertiary/aromatic N) is 4. The van der Waals surface area contributed by atoms with E-state index in [2.05, 4.69) is 62.6 Å². The van der Waals surface area contributed by atoms with E-state index in [9.17, 15) is 0 Å². The summed E-state index contributed by atoms with van der Waals surface area (Å²) in [5.74, 6) is 0.699. The van der Waals surface area contributed by atoms with Crippen molar-refractivity contribution in [3.8, 4) is 28.1 Å². The highest BCUT2D eigenvalue weighted by Gasteiger charge is 2.09. The average molecular weight is 440 g/mol. The number of H-pyrrole nitrogens is 1. The maximum absolute atomic E-state index is 5.95. The molecule has 1 N–H and O–H groups in total. The molecule has 2 aromatic carbocycles. The lowest BCUT2D eigenvalue weighted by Gasteiger charge is -2.08. The Morgan fingerprint density at radius 2 is 1.67 bits per heavy atom. The van der Waals surface area contributed by atoms with E-state index in [1.807, 2.05) is 43.9 Å².